The fraction of sp³-hybridized carbons (Fsp3) is 0.250. The number of nitrogens with zero attached hydrogens (tertiary/aromatic N) is 1. The highest BCUT2D eigenvalue weighted by atomic mass is 16.5. The zero-order valence-electron chi connectivity index (χ0n) is 15.2. The summed E-state index contributed by atoms with van der Waals surface area (Å²) < 4.78 is 5.68. The second kappa shape index (κ2) is 8.72. The van der Waals surface area contributed by atoms with Crippen LogP contribution in [0.15, 0.2) is 48.5 Å². The molecule has 0 aliphatic rings. The number of nitrogens with one attached hydrogen (secondary N) is 2. The molecule has 140 valence electrons. The van der Waals surface area contributed by atoms with Crippen LogP contribution in [0.25, 0.3) is 0 Å². The minimum absolute atomic E-state index is 0.0215. The number of carboxylic acid groups (broad SMARTS) is 1. The molecule has 3 N–H and O–H groups in total. The minimum Gasteiger partial charge on any atom is -0.481 e. The first-order valence-electron chi connectivity index (χ1n) is 8.36. The Kier molecular flexibility index (Phi) is 6.39. The first kappa shape index (κ1) is 19.8. The molecule has 0 aromatic heterocycles. The van der Waals surface area contributed by atoms with Crippen molar-refractivity contribution < 1.29 is 19.4 Å². The van der Waals surface area contributed by atoms with E-state index in [2.05, 4.69) is 16.7 Å². The van der Waals surface area contributed by atoms with E-state index >= 15 is 0 Å². The molecule has 0 fully saturated rings. The third-order valence-corrected chi connectivity index (χ3v) is 3.73. The average Bonchev–Trinajstić information content (AvgIpc) is 2.61. The molecule has 2 aromatic rings. The number of anilines is 1. The lowest BCUT2D eigenvalue weighted by Crippen LogP contribution is -2.45. The maximum absolute atomic E-state index is 12.1. The fourth-order valence-electron chi connectivity index (χ4n) is 2.32. The lowest BCUT2D eigenvalue weighted by molar-refractivity contribution is -0.137. The number of hydrogen-bond donors (Lipinski definition) is 3. The summed E-state index contributed by atoms with van der Waals surface area (Å²) in [6, 6.07) is 15.2. The maximum atomic E-state index is 12.1. The molecule has 7 heteroatoms. The standard InChI is InChI=1S/C20H21N3O4/c1-20(2,11-10-18(24)25)23-19(26)22-15-6-8-16(9-7-15)27-17-5-3-4-14(12-17)13-21/h3-9,12H,10-11H2,1-2H3,(H,24,25)(H2,22,23,26). The fourth-order valence-corrected chi connectivity index (χ4v) is 2.32. The number of carbonyl (C=O) groups excluding carboxylic acids is 1. The van der Waals surface area contributed by atoms with Crippen molar-refractivity contribution in [2.75, 3.05) is 5.32 Å². The van der Waals surface area contributed by atoms with Crippen LogP contribution in [0.4, 0.5) is 10.5 Å². The van der Waals surface area contributed by atoms with E-state index in [0.29, 0.717) is 29.2 Å². The number of rotatable bonds is 7. The van der Waals surface area contributed by atoms with Crippen LogP contribution in [-0.2, 0) is 4.79 Å². The molecule has 0 saturated carbocycles. The number of carbonyl (C=O) groups is 2. The van der Waals surface area contributed by atoms with E-state index in [4.69, 9.17) is 15.1 Å². The van der Waals surface area contributed by atoms with Crippen LogP contribution in [0.3, 0.4) is 0 Å². The SMILES string of the molecule is CC(C)(CCC(=O)O)NC(=O)Nc1ccc(Oc2cccc(C#N)c2)cc1. The number of ether oxygens (including phenoxy) is 1. The maximum Gasteiger partial charge on any atom is 0.319 e. The Morgan fingerprint density at radius 3 is 2.48 bits per heavy atom. The lowest BCUT2D eigenvalue weighted by Gasteiger charge is -2.25. The Morgan fingerprint density at radius 1 is 1.15 bits per heavy atom. The molecule has 0 radical (unpaired) electrons. The Balaban J connectivity index is 1.92. The molecule has 2 aromatic carbocycles. The Hall–Kier alpha value is -3.53. The van der Waals surface area contributed by atoms with Gasteiger partial charge in [-0.05, 0) is 62.7 Å². The molecule has 0 aliphatic carbocycles. The molecule has 2 rings (SSSR count). The van der Waals surface area contributed by atoms with Crippen LogP contribution in [0, 0.1) is 11.3 Å². The molecule has 0 saturated heterocycles. The quantitative estimate of drug-likeness (QED) is 0.682. The second-order valence-corrected chi connectivity index (χ2v) is 6.62. The van der Waals surface area contributed by atoms with Crippen molar-refractivity contribution in [1.82, 2.24) is 5.32 Å². The number of benzene rings is 2. The van der Waals surface area contributed by atoms with Gasteiger partial charge in [-0.1, -0.05) is 6.07 Å². The number of urea groups is 1. The lowest BCUT2D eigenvalue weighted by atomic mass is 9.99. The Bertz CT molecular complexity index is 854. The minimum atomic E-state index is -0.902. The van der Waals surface area contributed by atoms with Crippen LogP contribution in [0.1, 0.15) is 32.3 Å². The van der Waals surface area contributed by atoms with Gasteiger partial charge in [-0.25, -0.2) is 4.79 Å². The van der Waals surface area contributed by atoms with Gasteiger partial charge in [-0.3, -0.25) is 4.79 Å². The number of nitriles is 1. The van der Waals surface area contributed by atoms with Crippen molar-refractivity contribution in [3.05, 3.63) is 54.1 Å². The average molecular weight is 367 g/mol. The number of amides is 2. The van der Waals surface area contributed by atoms with Crippen molar-refractivity contribution in [2.24, 2.45) is 0 Å². The summed E-state index contributed by atoms with van der Waals surface area (Å²) in [4.78, 5) is 22.8. The van der Waals surface area contributed by atoms with Gasteiger partial charge in [0.05, 0.1) is 11.6 Å². The zero-order chi connectivity index (χ0) is 19.9. The summed E-state index contributed by atoms with van der Waals surface area (Å²) in [6.07, 6.45) is 0.302. The van der Waals surface area contributed by atoms with Crippen LogP contribution >= 0.6 is 0 Å². The van der Waals surface area contributed by atoms with Crippen LogP contribution < -0.4 is 15.4 Å². The van der Waals surface area contributed by atoms with Crippen LogP contribution in [0.2, 0.25) is 0 Å². The van der Waals surface area contributed by atoms with Crippen molar-refractivity contribution in [3.8, 4) is 17.6 Å². The summed E-state index contributed by atoms with van der Waals surface area (Å²) in [7, 11) is 0. The molecule has 0 aliphatic heterocycles. The molecule has 0 spiro atoms. The van der Waals surface area contributed by atoms with Gasteiger partial charge >= 0.3 is 12.0 Å². The summed E-state index contributed by atoms with van der Waals surface area (Å²) in [5.41, 5.74) is 0.435. The first-order chi connectivity index (χ1) is 12.8. The molecular formula is C20H21N3O4. The van der Waals surface area contributed by atoms with Crippen LogP contribution in [-0.4, -0.2) is 22.6 Å². The van der Waals surface area contributed by atoms with Crippen LogP contribution in [0.5, 0.6) is 11.5 Å². The molecule has 0 atom stereocenters. The molecule has 0 unspecified atom stereocenters. The normalized spacial score (nSPS) is 10.6. The van der Waals surface area contributed by atoms with E-state index in [1.54, 1.807) is 62.4 Å². The van der Waals surface area contributed by atoms with Gasteiger partial charge < -0.3 is 20.5 Å². The van der Waals surface area contributed by atoms with Gasteiger partial charge in [0.1, 0.15) is 11.5 Å². The smallest absolute Gasteiger partial charge is 0.319 e. The van der Waals surface area contributed by atoms with Gasteiger partial charge in [0, 0.05) is 17.6 Å². The van der Waals surface area contributed by atoms with E-state index < -0.39 is 17.5 Å². The van der Waals surface area contributed by atoms with Crippen molar-refractivity contribution in [3.63, 3.8) is 0 Å². The summed E-state index contributed by atoms with van der Waals surface area (Å²) in [5.74, 6) is 0.215. The monoisotopic (exact) mass is 367 g/mol. The zero-order valence-corrected chi connectivity index (χ0v) is 15.2. The van der Waals surface area contributed by atoms with Crippen molar-refractivity contribution in [1.29, 1.82) is 5.26 Å². The molecule has 2 amide bonds. The number of aliphatic carboxylic acids is 1. The van der Waals surface area contributed by atoms with E-state index in [1.807, 2.05) is 0 Å². The highest BCUT2D eigenvalue weighted by molar-refractivity contribution is 5.89. The van der Waals surface area contributed by atoms with Crippen molar-refractivity contribution >= 4 is 17.7 Å². The molecule has 0 bridgehead atoms. The second-order valence-electron chi connectivity index (χ2n) is 6.62. The number of hydrogen-bond acceptors (Lipinski definition) is 4. The molecular weight excluding hydrogens is 346 g/mol. The molecule has 7 nitrogen and oxygen atoms in total. The summed E-state index contributed by atoms with van der Waals surface area (Å²) >= 11 is 0. The third-order valence-electron chi connectivity index (χ3n) is 3.73. The van der Waals surface area contributed by atoms with E-state index in [1.165, 1.54) is 0 Å². The highest BCUT2D eigenvalue weighted by Crippen LogP contribution is 2.23. The topological polar surface area (TPSA) is 111 Å². The van der Waals surface area contributed by atoms with E-state index in [-0.39, 0.29) is 6.42 Å². The Labute approximate surface area is 157 Å². The van der Waals surface area contributed by atoms with Gasteiger partial charge in [0.2, 0.25) is 0 Å². The highest BCUT2D eigenvalue weighted by Gasteiger charge is 2.21. The van der Waals surface area contributed by atoms with E-state index in [9.17, 15) is 9.59 Å². The van der Waals surface area contributed by atoms with Gasteiger partial charge in [0.15, 0.2) is 0 Å². The number of carboxylic acids is 1. The van der Waals surface area contributed by atoms with Gasteiger partial charge in [-0.2, -0.15) is 5.26 Å². The molecule has 0 heterocycles. The predicted octanol–water partition coefficient (Wildman–Crippen LogP) is 4.12. The van der Waals surface area contributed by atoms with Gasteiger partial charge in [-0.15, -0.1) is 0 Å². The van der Waals surface area contributed by atoms with Gasteiger partial charge in [0.25, 0.3) is 0 Å². The third kappa shape index (κ3) is 6.71. The van der Waals surface area contributed by atoms with Crippen molar-refractivity contribution in [2.45, 2.75) is 32.2 Å². The first-order valence-corrected chi connectivity index (χ1v) is 8.36. The summed E-state index contributed by atoms with van der Waals surface area (Å²) in [6.45, 7) is 3.53. The van der Waals surface area contributed by atoms with E-state index in [0.717, 1.165) is 0 Å². The summed E-state index contributed by atoms with van der Waals surface area (Å²) in [5, 5.41) is 23.1. The predicted molar refractivity (Wildman–Crippen MR) is 101 cm³/mol. The Morgan fingerprint density at radius 2 is 1.85 bits per heavy atom. The largest absolute Gasteiger partial charge is 0.481 e. The molecule has 27 heavy (non-hydrogen) atoms.